The van der Waals surface area contributed by atoms with Gasteiger partial charge in [0.25, 0.3) is 0 Å². The Labute approximate surface area is 119 Å². The van der Waals surface area contributed by atoms with Gasteiger partial charge in [0.15, 0.2) is 0 Å². The molecule has 0 aliphatic carbocycles. The van der Waals surface area contributed by atoms with Crippen LogP contribution in [-0.2, 0) is 18.0 Å². The summed E-state index contributed by atoms with van der Waals surface area (Å²) in [6.07, 6.45) is 0. The third kappa shape index (κ3) is 3.68. The molecule has 0 saturated heterocycles. The third-order valence-corrected chi connectivity index (χ3v) is 3.20. The molecule has 5 heteroatoms. The molecule has 0 saturated carbocycles. The number of furan rings is 1. The minimum absolute atomic E-state index is 0.0558. The Kier molecular flexibility index (Phi) is 4.39. The number of hydrogen-bond donors (Lipinski definition) is 1. The van der Waals surface area contributed by atoms with Gasteiger partial charge in [-0.25, -0.2) is 4.79 Å². The molecule has 0 radical (unpaired) electrons. The number of halogens is 1. The van der Waals surface area contributed by atoms with E-state index < -0.39 is 5.97 Å². The van der Waals surface area contributed by atoms with Gasteiger partial charge in [0.05, 0.1) is 13.2 Å². The topological polar surface area (TPSA) is 59.7 Å². The second kappa shape index (κ2) is 6.04. The van der Waals surface area contributed by atoms with Crippen molar-refractivity contribution in [3.05, 3.63) is 57.5 Å². The molecule has 1 aromatic carbocycles. The van der Waals surface area contributed by atoms with E-state index >= 15 is 0 Å². The zero-order valence-corrected chi connectivity index (χ0v) is 11.9. The van der Waals surface area contributed by atoms with Crippen LogP contribution in [0.25, 0.3) is 0 Å². The number of ether oxygens (including phenoxy) is 1. The Bertz CT molecular complexity index is 572. The van der Waals surface area contributed by atoms with E-state index in [0.29, 0.717) is 19.0 Å². The number of carbonyl (C=O) groups is 1. The number of hydrogen-bond acceptors (Lipinski definition) is 3. The SMILES string of the molecule is Cc1oc(C(=O)O)cc1COCc1ccc(Br)cc1. The number of rotatable bonds is 5. The smallest absolute Gasteiger partial charge is 0.371 e. The average Bonchev–Trinajstić information content (AvgIpc) is 2.74. The lowest BCUT2D eigenvalue weighted by Gasteiger charge is -2.03. The number of aromatic carboxylic acids is 1. The molecule has 2 aromatic rings. The zero-order chi connectivity index (χ0) is 13.8. The summed E-state index contributed by atoms with van der Waals surface area (Å²) < 4.78 is 11.7. The predicted octanol–water partition coefficient (Wildman–Crippen LogP) is 3.77. The van der Waals surface area contributed by atoms with E-state index in [-0.39, 0.29) is 5.76 Å². The molecule has 4 nitrogen and oxygen atoms in total. The fraction of sp³-hybridized carbons (Fsp3) is 0.214. The van der Waals surface area contributed by atoms with Crippen LogP contribution in [0.5, 0.6) is 0 Å². The number of carboxylic acids is 1. The predicted molar refractivity (Wildman–Crippen MR) is 73.0 cm³/mol. The molecule has 100 valence electrons. The molecule has 0 fully saturated rings. The summed E-state index contributed by atoms with van der Waals surface area (Å²) in [5.41, 5.74) is 1.82. The molecule has 19 heavy (non-hydrogen) atoms. The molecule has 1 heterocycles. The average molecular weight is 325 g/mol. The van der Waals surface area contributed by atoms with E-state index in [0.717, 1.165) is 15.6 Å². The quantitative estimate of drug-likeness (QED) is 0.909. The summed E-state index contributed by atoms with van der Waals surface area (Å²) in [6, 6.07) is 9.33. The van der Waals surface area contributed by atoms with Gasteiger partial charge >= 0.3 is 5.97 Å². The van der Waals surface area contributed by atoms with Crippen molar-refractivity contribution in [2.75, 3.05) is 0 Å². The highest BCUT2D eigenvalue weighted by Crippen LogP contribution is 2.17. The molecule has 0 bridgehead atoms. The minimum atomic E-state index is -1.07. The first-order chi connectivity index (χ1) is 9.06. The highest BCUT2D eigenvalue weighted by Gasteiger charge is 2.12. The Morgan fingerprint density at radius 3 is 2.58 bits per heavy atom. The Balaban J connectivity index is 1.92. The van der Waals surface area contributed by atoms with Crippen molar-refractivity contribution in [2.45, 2.75) is 20.1 Å². The highest BCUT2D eigenvalue weighted by atomic mass is 79.9. The first kappa shape index (κ1) is 13.8. The summed E-state index contributed by atoms with van der Waals surface area (Å²) in [5, 5.41) is 8.81. The van der Waals surface area contributed by atoms with Gasteiger partial charge in [-0.3, -0.25) is 0 Å². The van der Waals surface area contributed by atoms with Crippen LogP contribution in [0.4, 0.5) is 0 Å². The van der Waals surface area contributed by atoms with Crippen molar-refractivity contribution in [2.24, 2.45) is 0 Å². The van der Waals surface area contributed by atoms with Crippen molar-refractivity contribution >= 4 is 21.9 Å². The maximum Gasteiger partial charge on any atom is 0.371 e. The lowest BCUT2D eigenvalue weighted by molar-refractivity contribution is 0.0661. The van der Waals surface area contributed by atoms with Gasteiger partial charge in [-0.2, -0.15) is 0 Å². The second-order valence-electron chi connectivity index (χ2n) is 4.12. The van der Waals surface area contributed by atoms with Crippen molar-refractivity contribution < 1.29 is 19.1 Å². The normalized spacial score (nSPS) is 10.6. The van der Waals surface area contributed by atoms with Gasteiger partial charge < -0.3 is 14.3 Å². The standard InChI is InChI=1S/C14H13BrO4/c1-9-11(6-13(19-9)14(16)17)8-18-7-10-2-4-12(15)5-3-10/h2-6H,7-8H2,1H3,(H,16,17). The molecule has 0 unspecified atom stereocenters. The van der Waals surface area contributed by atoms with E-state index in [1.165, 1.54) is 6.07 Å². The molecule has 1 aromatic heterocycles. The van der Waals surface area contributed by atoms with Crippen molar-refractivity contribution in [3.8, 4) is 0 Å². The molecule has 0 amide bonds. The van der Waals surface area contributed by atoms with Crippen LogP contribution < -0.4 is 0 Å². The molecular weight excluding hydrogens is 312 g/mol. The highest BCUT2D eigenvalue weighted by molar-refractivity contribution is 9.10. The van der Waals surface area contributed by atoms with Crippen LogP contribution in [-0.4, -0.2) is 11.1 Å². The zero-order valence-electron chi connectivity index (χ0n) is 10.4. The Morgan fingerprint density at radius 1 is 1.32 bits per heavy atom. The molecule has 0 aliphatic rings. The number of carboxylic acid groups (broad SMARTS) is 1. The first-order valence-electron chi connectivity index (χ1n) is 5.71. The summed E-state index contributed by atoms with van der Waals surface area (Å²) >= 11 is 3.37. The third-order valence-electron chi connectivity index (χ3n) is 2.67. The van der Waals surface area contributed by atoms with Crippen molar-refractivity contribution in [1.82, 2.24) is 0 Å². The Morgan fingerprint density at radius 2 is 2.00 bits per heavy atom. The maximum atomic E-state index is 10.8. The maximum absolute atomic E-state index is 10.8. The van der Waals surface area contributed by atoms with E-state index in [1.54, 1.807) is 6.92 Å². The van der Waals surface area contributed by atoms with E-state index in [2.05, 4.69) is 15.9 Å². The number of aryl methyl sites for hydroxylation is 1. The van der Waals surface area contributed by atoms with Gasteiger partial charge in [0.2, 0.25) is 5.76 Å². The van der Waals surface area contributed by atoms with Crippen LogP contribution in [0.2, 0.25) is 0 Å². The summed E-state index contributed by atoms with van der Waals surface area (Å²) in [7, 11) is 0. The van der Waals surface area contributed by atoms with Gasteiger partial charge in [0.1, 0.15) is 5.76 Å². The van der Waals surface area contributed by atoms with Crippen LogP contribution >= 0.6 is 15.9 Å². The van der Waals surface area contributed by atoms with Gasteiger partial charge in [-0.15, -0.1) is 0 Å². The summed E-state index contributed by atoms with van der Waals surface area (Å²) in [6.45, 7) is 2.53. The van der Waals surface area contributed by atoms with Crippen molar-refractivity contribution in [3.63, 3.8) is 0 Å². The monoisotopic (exact) mass is 324 g/mol. The largest absolute Gasteiger partial charge is 0.475 e. The van der Waals surface area contributed by atoms with Crippen LogP contribution in [0.15, 0.2) is 39.2 Å². The van der Waals surface area contributed by atoms with Crippen LogP contribution in [0.1, 0.15) is 27.4 Å². The Hall–Kier alpha value is -1.59. The van der Waals surface area contributed by atoms with Gasteiger partial charge in [-0.1, -0.05) is 28.1 Å². The van der Waals surface area contributed by atoms with Gasteiger partial charge in [-0.05, 0) is 30.7 Å². The van der Waals surface area contributed by atoms with E-state index in [4.69, 9.17) is 14.3 Å². The van der Waals surface area contributed by atoms with E-state index in [9.17, 15) is 4.79 Å². The molecular formula is C14H13BrO4. The van der Waals surface area contributed by atoms with Crippen molar-refractivity contribution in [1.29, 1.82) is 0 Å². The molecule has 1 N–H and O–H groups in total. The summed E-state index contributed by atoms with van der Waals surface area (Å²) in [4.78, 5) is 10.8. The number of benzene rings is 1. The fourth-order valence-corrected chi connectivity index (χ4v) is 1.89. The second-order valence-corrected chi connectivity index (χ2v) is 5.03. The van der Waals surface area contributed by atoms with Gasteiger partial charge in [0, 0.05) is 10.0 Å². The molecule has 0 atom stereocenters. The fourth-order valence-electron chi connectivity index (χ4n) is 1.63. The first-order valence-corrected chi connectivity index (χ1v) is 6.50. The van der Waals surface area contributed by atoms with E-state index in [1.807, 2.05) is 24.3 Å². The lowest BCUT2D eigenvalue weighted by atomic mass is 10.2. The molecule has 0 aliphatic heterocycles. The van der Waals surface area contributed by atoms with Crippen LogP contribution in [0, 0.1) is 6.92 Å². The molecule has 2 rings (SSSR count). The lowest BCUT2D eigenvalue weighted by Crippen LogP contribution is -1.95. The molecule has 0 spiro atoms. The summed E-state index contributed by atoms with van der Waals surface area (Å²) in [5.74, 6) is -0.546. The minimum Gasteiger partial charge on any atom is -0.475 e. The van der Waals surface area contributed by atoms with Crippen LogP contribution in [0.3, 0.4) is 0 Å².